The lowest BCUT2D eigenvalue weighted by Gasteiger charge is -2.38. The number of amides is 4. The Balaban J connectivity index is 1.17. The van der Waals surface area contributed by atoms with E-state index in [1.165, 1.54) is 0 Å². The fourth-order valence-corrected chi connectivity index (χ4v) is 10.0. The Labute approximate surface area is 329 Å². The van der Waals surface area contributed by atoms with Gasteiger partial charge in [0.1, 0.15) is 12.2 Å². The quantitative estimate of drug-likeness (QED) is 0.147. The molecule has 0 saturated heterocycles. The van der Waals surface area contributed by atoms with Crippen LogP contribution in [0.2, 0.25) is 0 Å². The summed E-state index contributed by atoms with van der Waals surface area (Å²) in [5.74, 6) is -1.57. The maximum Gasteiger partial charge on any atom is 0.407 e. The molecule has 4 aliphatic carbocycles. The molecule has 0 heterocycles. The normalized spacial score (nSPS) is 29.3. The van der Waals surface area contributed by atoms with Crippen LogP contribution in [0.1, 0.15) is 143 Å². The van der Waals surface area contributed by atoms with Crippen LogP contribution in [0.15, 0.2) is 30.3 Å². The lowest BCUT2D eigenvalue weighted by atomic mass is 9.74. The number of rotatable bonds is 14. The Kier molecular flexibility index (Phi) is 15.5. The number of carbonyl (C=O) groups is 5. The molecule has 0 radical (unpaired) electrons. The lowest BCUT2D eigenvalue weighted by molar-refractivity contribution is -0.153. The van der Waals surface area contributed by atoms with Crippen LogP contribution >= 0.6 is 0 Å². The second kappa shape index (κ2) is 20.0. The van der Waals surface area contributed by atoms with Crippen LogP contribution in [-0.2, 0) is 35.3 Å². The Morgan fingerprint density at radius 3 is 1.64 bits per heavy atom. The number of hydrogen-bond acceptors (Lipinski definition) is 7. The molecule has 55 heavy (non-hydrogen) atoms. The summed E-state index contributed by atoms with van der Waals surface area (Å²) in [4.78, 5) is 67.7. The molecule has 1 aromatic rings. The smallest absolute Gasteiger partial charge is 0.407 e. The van der Waals surface area contributed by atoms with Crippen molar-refractivity contribution in [1.82, 2.24) is 21.3 Å². The number of esters is 1. The van der Waals surface area contributed by atoms with Crippen LogP contribution in [0.3, 0.4) is 0 Å². The van der Waals surface area contributed by atoms with E-state index in [4.69, 9.17) is 9.47 Å². The van der Waals surface area contributed by atoms with Crippen molar-refractivity contribution in [2.45, 2.75) is 174 Å². The van der Waals surface area contributed by atoms with Crippen LogP contribution in [0.25, 0.3) is 0 Å². The second-order valence-corrected chi connectivity index (χ2v) is 17.7. The molecule has 4 amide bonds. The molecular weight excluding hydrogens is 697 g/mol. The molecule has 4 aliphatic rings. The average molecular weight is 765 g/mol. The van der Waals surface area contributed by atoms with Crippen molar-refractivity contribution in [2.24, 2.45) is 35.5 Å². The highest BCUT2D eigenvalue weighted by Gasteiger charge is 2.43. The van der Waals surface area contributed by atoms with E-state index in [0.717, 1.165) is 82.6 Å². The molecule has 0 aromatic heterocycles. The summed E-state index contributed by atoms with van der Waals surface area (Å²) < 4.78 is 11.2. The number of hydrogen-bond donors (Lipinski definition) is 4. The van der Waals surface area contributed by atoms with Gasteiger partial charge in [-0.15, -0.1) is 0 Å². The molecule has 0 unspecified atom stereocenters. The van der Waals surface area contributed by atoms with E-state index in [1.807, 2.05) is 65.0 Å². The van der Waals surface area contributed by atoms with Gasteiger partial charge in [-0.1, -0.05) is 82.7 Å². The van der Waals surface area contributed by atoms with Gasteiger partial charge in [0.05, 0.1) is 17.8 Å². The van der Waals surface area contributed by atoms with Crippen molar-refractivity contribution < 1.29 is 33.4 Å². The van der Waals surface area contributed by atoms with Crippen LogP contribution in [0.5, 0.6) is 0 Å². The van der Waals surface area contributed by atoms with Crippen LogP contribution < -0.4 is 21.3 Å². The van der Waals surface area contributed by atoms with E-state index in [9.17, 15) is 24.0 Å². The monoisotopic (exact) mass is 765 g/mol. The molecule has 0 bridgehead atoms. The number of benzene rings is 1. The first-order valence-electron chi connectivity index (χ1n) is 21.5. The molecule has 5 rings (SSSR count). The van der Waals surface area contributed by atoms with Gasteiger partial charge in [-0.2, -0.15) is 0 Å². The topological polar surface area (TPSA) is 152 Å². The molecule has 0 spiro atoms. The summed E-state index contributed by atoms with van der Waals surface area (Å²) in [5.41, 5.74) is 0.333. The van der Waals surface area contributed by atoms with Gasteiger partial charge < -0.3 is 30.7 Å². The van der Waals surface area contributed by atoms with Crippen molar-refractivity contribution in [3.8, 4) is 0 Å². The Hall–Kier alpha value is -3.63. The number of ether oxygens (including phenoxy) is 2. The molecule has 0 aliphatic heterocycles. The first-order valence-corrected chi connectivity index (χ1v) is 21.5. The fraction of sp³-hybridized carbons (Fsp3) is 0.750. The SMILES string of the molecule is CC[C@@H](C(=O)N[C@@H]1CCC[C@H]1C(=O)N[C@@H]1CCCC[C@@H]1[C@@H](CC)C(=O)OCc1ccccc1)[C@H]1CCCC[C@H]1NC(=O)[C@@H]1CCC[C@H]1NC(=O)OC(C)(C)C. The number of alkyl carbamates (subject to hydrolysis) is 1. The van der Waals surface area contributed by atoms with Gasteiger partial charge in [0, 0.05) is 30.1 Å². The van der Waals surface area contributed by atoms with Gasteiger partial charge in [-0.05, 0) is 102 Å². The summed E-state index contributed by atoms with van der Waals surface area (Å²) in [6.45, 7) is 9.76. The van der Waals surface area contributed by atoms with E-state index in [-0.39, 0.29) is 90.0 Å². The molecule has 11 nitrogen and oxygen atoms in total. The summed E-state index contributed by atoms with van der Waals surface area (Å²) in [6, 6.07) is 8.93. The average Bonchev–Trinajstić information content (AvgIpc) is 3.82. The molecule has 4 fully saturated rings. The van der Waals surface area contributed by atoms with Crippen molar-refractivity contribution >= 4 is 29.8 Å². The zero-order chi connectivity index (χ0) is 39.5. The molecule has 11 heteroatoms. The van der Waals surface area contributed by atoms with Crippen LogP contribution in [0, 0.1) is 35.5 Å². The Bertz CT molecular complexity index is 1450. The third-order valence-corrected chi connectivity index (χ3v) is 12.8. The van der Waals surface area contributed by atoms with Crippen LogP contribution in [0.4, 0.5) is 4.79 Å². The van der Waals surface area contributed by atoms with Crippen molar-refractivity contribution in [1.29, 1.82) is 0 Å². The molecule has 4 N–H and O–H groups in total. The Morgan fingerprint density at radius 2 is 1.11 bits per heavy atom. The van der Waals surface area contributed by atoms with E-state index < -0.39 is 11.7 Å². The van der Waals surface area contributed by atoms with E-state index >= 15 is 0 Å². The maximum atomic E-state index is 14.1. The molecular formula is C44H68N4O7. The van der Waals surface area contributed by atoms with Crippen molar-refractivity contribution in [2.75, 3.05) is 0 Å². The predicted octanol–water partition coefficient (Wildman–Crippen LogP) is 7.11. The first-order chi connectivity index (χ1) is 26.4. The molecule has 4 saturated carbocycles. The minimum absolute atomic E-state index is 0.00864. The summed E-state index contributed by atoms with van der Waals surface area (Å²) in [5, 5.41) is 13.0. The van der Waals surface area contributed by atoms with Gasteiger partial charge in [-0.25, -0.2) is 4.79 Å². The third kappa shape index (κ3) is 11.7. The van der Waals surface area contributed by atoms with Gasteiger partial charge in [0.25, 0.3) is 0 Å². The largest absolute Gasteiger partial charge is 0.461 e. The van der Waals surface area contributed by atoms with E-state index in [1.54, 1.807) is 0 Å². The van der Waals surface area contributed by atoms with Crippen molar-refractivity contribution in [3.63, 3.8) is 0 Å². The third-order valence-electron chi connectivity index (χ3n) is 12.8. The summed E-state index contributed by atoms with van der Waals surface area (Å²) in [6.07, 6.45) is 12.8. The Morgan fingerprint density at radius 1 is 0.618 bits per heavy atom. The summed E-state index contributed by atoms with van der Waals surface area (Å²) in [7, 11) is 0. The van der Waals surface area contributed by atoms with E-state index in [0.29, 0.717) is 25.7 Å². The highest BCUT2D eigenvalue weighted by atomic mass is 16.6. The zero-order valence-corrected chi connectivity index (χ0v) is 34.0. The molecule has 1 aromatic carbocycles. The van der Waals surface area contributed by atoms with Crippen molar-refractivity contribution in [3.05, 3.63) is 35.9 Å². The zero-order valence-electron chi connectivity index (χ0n) is 34.0. The lowest BCUT2D eigenvalue weighted by Crippen LogP contribution is -2.54. The van der Waals surface area contributed by atoms with Gasteiger partial charge in [-0.3, -0.25) is 19.2 Å². The van der Waals surface area contributed by atoms with Crippen LogP contribution in [-0.4, -0.2) is 59.6 Å². The molecule has 306 valence electrons. The number of carbonyl (C=O) groups excluding carboxylic acids is 5. The minimum Gasteiger partial charge on any atom is -0.461 e. The summed E-state index contributed by atoms with van der Waals surface area (Å²) >= 11 is 0. The highest BCUT2D eigenvalue weighted by molar-refractivity contribution is 5.84. The fourth-order valence-electron chi connectivity index (χ4n) is 10.0. The van der Waals surface area contributed by atoms with Gasteiger partial charge in [0.2, 0.25) is 17.7 Å². The highest BCUT2D eigenvalue weighted by Crippen LogP contribution is 2.37. The predicted molar refractivity (Wildman–Crippen MR) is 211 cm³/mol. The maximum absolute atomic E-state index is 14.1. The van der Waals surface area contributed by atoms with Gasteiger partial charge >= 0.3 is 12.1 Å². The first kappa shape index (κ1) is 42.5. The molecule has 10 atom stereocenters. The standard InChI is InChI=1S/C44H68N4O7/c1-6-29(31-19-11-13-23-35(31)45-41(51)34-22-16-26-38(34)48-43(53)55-44(3,4)5)39(49)47-37-25-15-21-33(37)40(50)46-36-24-14-12-20-32(36)30(7-2)42(52)54-27-28-17-9-8-10-18-28/h8-10,17-18,29-38H,6-7,11-16,19-27H2,1-5H3,(H,45,51)(H,46,50)(H,47,49)(H,48,53)/t29-,30-,31-,32-,33-,34-,35-,36-,37-,38-/m1/s1. The van der Waals surface area contributed by atoms with E-state index in [2.05, 4.69) is 21.3 Å². The number of nitrogens with one attached hydrogen (secondary N) is 4. The second-order valence-electron chi connectivity index (χ2n) is 17.7. The van der Waals surface area contributed by atoms with Gasteiger partial charge in [0.15, 0.2) is 0 Å². The minimum atomic E-state index is -0.620.